The normalized spacial score (nSPS) is 20.2. The van der Waals surface area contributed by atoms with Crippen LogP contribution in [-0.4, -0.2) is 45.7 Å². The van der Waals surface area contributed by atoms with Crippen LogP contribution in [0.1, 0.15) is 71.7 Å². The molecule has 1 amide bonds. The highest BCUT2D eigenvalue weighted by Gasteiger charge is 2.30. The molecule has 7 nitrogen and oxygen atoms in total. The Morgan fingerprint density at radius 3 is 2.76 bits per heavy atom. The third kappa shape index (κ3) is 6.33. The number of hydrogen-bond acceptors (Lipinski definition) is 5. The van der Waals surface area contributed by atoms with Crippen LogP contribution < -0.4 is 5.32 Å². The number of aliphatic carboxylic acids is 1. The van der Waals surface area contributed by atoms with Gasteiger partial charge in [0.2, 0.25) is 0 Å². The summed E-state index contributed by atoms with van der Waals surface area (Å²) in [6, 6.07) is 6.64. The Kier molecular flexibility index (Phi) is 8.16. The number of nitrogens with one attached hydrogen (secondary N) is 1. The minimum atomic E-state index is -1.11. The number of nitrogens with zero attached hydrogens (tertiary/aromatic N) is 2. The lowest BCUT2D eigenvalue weighted by molar-refractivity contribution is -0.140. The summed E-state index contributed by atoms with van der Waals surface area (Å²) in [7, 11) is 0. The Labute approximate surface area is 205 Å². The quantitative estimate of drug-likeness (QED) is 0.519. The number of aromatic nitrogens is 2. The number of amides is 1. The van der Waals surface area contributed by atoms with Gasteiger partial charge >= 0.3 is 5.97 Å². The molecule has 0 spiro atoms. The van der Waals surface area contributed by atoms with Gasteiger partial charge in [0.15, 0.2) is 0 Å². The van der Waals surface area contributed by atoms with Crippen LogP contribution in [-0.2, 0) is 28.8 Å². The smallest absolute Gasteiger partial charge is 0.326 e. The molecule has 182 valence electrons. The second-order valence-corrected chi connectivity index (χ2v) is 9.83. The maximum absolute atomic E-state index is 12.4. The fraction of sp³-hybridized carbons (Fsp3) is 0.538. The summed E-state index contributed by atoms with van der Waals surface area (Å²) in [6.07, 6.45) is 9.18. The Morgan fingerprint density at radius 1 is 1.18 bits per heavy atom. The van der Waals surface area contributed by atoms with E-state index in [-0.39, 0.29) is 29.8 Å². The maximum atomic E-state index is 12.4. The first-order valence-electron chi connectivity index (χ1n) is 12.1. The summed E-state index contributed by atoms with van der Waals surface area (Å²) in [5, 5.41) is 12.2. The number of ether oxygens (including phenoxy) is 1. The van der Waals surface area contributed by atoms with Gasteiger partial charge in [-0.05, 0) is 88.0 Å². The zero-order valence-electron chi connectivity index (χ0n) is 19.6. The topological polar surface area (TPSA) is 101 Å². The van der Waals surface area contributed by atoms with Crippen molar-refractivity contribution >= 4 is 23.5 Å². The number of rotatable bonds is 10. The SMILES string of the molecule is Cc1ccc(Cl)c(C(=O)N[C@@H](CCOC2CC(CCc3ccc4c(n3)CCCC4)C2)C(=O)O)n1. The summed E-state index contributed by atoms with van der Waals surface area (Å²) in [5.41, 5.74) is 4.56. The highest BCUT2D eigenvalue weighted by molar-refractivity contribution is 6.33. The summed E-state index contributed by atoms with van der Waals surface area (Å²) in [6.45, 7) is 2.01. The third-order valence-electron chi connectivity index (χ3n) is 6.80. The van der Waals surface area contributed by atoms with Gasteiger partial charge in [0.1, 0.15) is 11.7 Å². The zero-order chi connectivity index (χ0) is 24.1. The van der Waals surface area contributed by atoms with E-state index in [1.807, 2.05) is 0 Å². The summed E-state index contributed by atoms with van der Waals surface area (Å²) < 4.78 is 5.87. The van der Waals surface area contributed by atoms with Crippen molar-refractivity contribution in [3.63, 3.8) is 0 Å². The van der Waals surface area contributed by atoms with Crippen molar-refractivity contribution in [2.75, 3.05) is 6.61 Å². The fourth-order valence-corrected chi connectivity index (χ4v) is 4.89. The van der Waals surface area contributed by atoms with Crippen molar-refractivity contribution in [3.8, 4) is 0 Å². The molecule has 1 fully saturated rings. The number of carbonyl (C=O) groups excluding carboxylic acids is 1. The second-order valence-electron chi connectivity index (χ2n) is 9.42. The molecule has 1 atom stereocenters. The minimum Gasteiger partial charge on any atom is -0.480 e. The highest BCUT2D eigenvalue weighted by Crippen LogP contribution is 2.34. The van der Waals surface area contributed by atoms with E-state index in [0.717, 1.165) is 38.5 Å². The number of hydrogen-bond donors (Lipinski definition) is 2. The van der Waals surface area contributed by atoms with Crippen molar-refractivity contribution < 1.29 is 19.4 Å². The van der Waals surface area contributed by atoms with Crippen molar-refractivity contribution in [1.29, 1.82) is 0 Å². The lowest BCUT2D eigenvalue weighted by Gasteiger charge is -2.35. The number of fused-ring (bicyclic) bond motifs is 1. The molecule has 1 saturated carbocycles. The number of aryl methyl sites for hydroxylation is 4. The highest BCUT2D eigenvalue weighted by atomic mass is 35.5. The summed E-state index contributed by atoms with van der Waals surface area (Å²) >= 11 is 6.04. The van der Waals surface area contributed by atoms with Crippen LogP contribution in [0.4, 0.5) is 0 Å². The molecule has 2 aromatic rings. The first-order chi connectivity index (χ1) is 16.4. The van der Waals surface area contributed by atoms with Crippen LogP contribution in [0.5, 0.6) is 0 Å². The van der Waals surface area contributed by atoms with E-state index in [9.17, 15) is 14.7 Å². The Bertz CT molecular complexity index is 1040. The molecule has 8 heteroatoms. The maximum Gasteiger partial charge on any atom is 0.326 e. The van der Waals surface area contributed by atoms with Crippen LogP contribution >= 0.6 is 11.6 Å². The van der Waals surface area contributed by atoms with Crippen LogP contribution in [0.15, 0.2) is 24.3 Å². The summed E-state index contributed by atoms with van der Waals surface area (Å²) in [5.74, 6) is -1.09. The molecule has 0 bridgehead atoms. The van der Waals surface area contributed by atoms with E-state index < -0.39 is 17.9 Å². The number of carboxylic acids is 1. The molecule has 2 aromatic heterocycles. The van der Waals surface area contributed by atoms with E-state index in [4.69, 9.17) is 21.3 Å². The molecule has 0 radical (unpaired) electrons. The summed E-state index contributed by atoms with van der Waals surface area (Å²) in [4.78, 5) is 33.0. The predicted molar refractivity (Wildman–Crippen MR) is 129 cm³/mol. The van der Waals surface area contributed by atoms with Gasteiger partial charge in [0, 0.05) is 30.1 Å². The van der Waals surface area contributed by atoms with Crippen molar-refractivity contribution in [3.05, 3.63) is 57.6 Å². The van der Waals surface area contributed by atoms with Crippen molar-refractivity contribution in [2.45, 2.75) is 76.9 Å². The minimum absolute atomic E-state index is 0.0316. The Balaban J connectivity index is 1.16. The third-order valence-corrected chi connectivity index (χ3v) is 7.11. The van der Waals surface area contributed by atoms with Gasteiger partial charge in [-0.1, -0.05) is 17.7 Å². The molecular weight excluding hydrogens is 454 g/mol. The molecule has 34 heavy (non-hydrogen) atoms. The first-order valence-corrected chi connectivity index (χ1v) is 12.5. The lowest BCUT2D eigenvalue weighted by Crippen LogP contribution is -2.42. The van der Waals surface area contributed by atoms with E-state index in [1.54, 1.807) is 19.1 Å². The van der Waals surface area contributed by atoms with E-state index in [1.165, 1.54) is 29.8 Å². The number of carboxylic acid groups (broad SMARTS) is 1. The van der Waals surface area contributed by atoms with Gasteiger partial charge in [-0.3, -0.25) is 9.78 Å². The largest absolute Gasteiger partial charge is 0.480 e. The Morgan fingerprint density at radius 2 is 1.97 bits per heavy atom. The molecule has 0 aliphatic heterocycles. The van der Waals surface area contributed by atoms with Crippen molar-refractivity contribution in [2.24, 2.45) is 5.92 Å². The van der Waals surface area contributed by atoms with Gasteiger partial charge in [-0.15, -0.1) is 0 Å². The molecule has 2 N–H and O–H groups in total. The molecule has 4 rings (SSSR count). The molecule has 0 unspecified atom stereocenters. The predicted octanol–water partition coefficient (Wildman–Crippen LogP) is 4.32. The first kappa shape index (κ1) is 24.6. The monoisotopic (exact) mass is 485 g/mol. The lowest BCUT2D eigenvalue weighted by atomic mass is 9.79. The van der Waals surface area contributed by atoms with Gasteiger partial charge in [-0.2, -0.15) is 0 Å². The molecule has 0 aromatic carbocycles. The fourth-order valence-electron chi connectivity index (χ4n) is 4.70. The average Bonchev–Trinajstić information content (AvgIpc) is 2.80. The number of halogens is 1. The van der Waals surface area contributed by atoms with Crippen LogP contribution in [0, 0.1) is 12.8 Å². The average molecular weight is 486 g/mol. The van der Waals surface area contributed by atoms with Crippen LogP contribution in [0.2, 0.25) is 5.02 Å². The van der Waals surface area contributed by atoms with E-state index in [2.05, 4.69) is 22.4 Å². The zero-order valence-corrected chi connectivity index (χ0v) is 20.3. The standard InChI is InChI=1S/C26H32ClN3O4/c1-16-6-11-21(27)24(28-16)25(31)30-23(26(32)33)12-13-34-20-14-17(15-20)7-9-19-10-8-18-4-2-3-5-22(18)29-19/h6,8,10-11,17,20,23H,2-5,7,9,12-15H2,1H3,(H,30,31)(H,32,33)/t17?,20?,23-/m0/s1. The molecular formula is C26H32ClN3O4. The van der Waals surface area contributed by atoms with Crippen molar-refractivity contribution in [1.82, 2.24) is 15.3 Å². The van der Waals surface area contributed by atoms with Crippen LogP contribution in [0.3, 0.4) is 0 Å². The number of pyridine rings is 2. The van der Waals surface area contributed by atoms with Gasteiger partial charge in [-0.25, -0.2) is 9.78 Å². The molecule has 0 saturated heterocycles. The molecule has 2 aliphatic carbocycles. The van der Waals surface area contributed by atoms with Gasteiger partial charge < -0.3 is 15.2 Å². The van der Waals surface area contributed by atoms with E-state index in [0.29, 0.717) is 11.6 Å². The van der Waals surface area contributed by atoms with Crippen LogP contribution in [0.25, 0.3) is 0 Å². The second kappa shape index (κ2) is 11.3. The van der Waals surface area contributed by atoms with Gasteiger partial charge in [0.25, 0.3) is 5.91 Å². The van der Waals surface area contributed by atoms with E-state index >= 15 is 0 Å². The van der Waals surface area contributed by atoms with Gasteiger partial charge in [0.05, 0.1) is 11.1 Å². The number of carbonyl (C=O) groups is 2. The molecule has 2 heterocycles. The molecule has 2 aliphatic rings. The Hall–Kier alpha value is -2.51.